The Morgan fingerprint density at radius 1 is 1.27 bits per heavy atom. The molecule has 7 heteroatoms. The maximum Gasteiger partial charge on any atom is 0.191 e. The first kappa shape index (κ1) is 19.3. The van der Waals surface area contributed by atoms with Crippen LogP contribution in [0, 0.1) is 0 Å². The fourth-order valence-electron chi connectivity index (χ4n) is 3.60. The van der Waals surface area contributed by atoms with Crippen LogP contribution in [0.1, 0.15) is 24.8 Å². The van der Waals surface area contributed by atoms with Crippen molar-refractivity contribution < 1.29 is 0 Å². The van der Waals surface area contributed by atoms with Crippen LogP contribution in [0.15, 0.2) is 23.3 Å². The molecule has 26 heavy (non-hydrogen) atoms. The van der Waals surface area contributed by atoms with Gasteiger partial charge in [-0.1, -0.05) is 6.07 Å². The van der Waals surface area contributed by atoms with Crippen LogP contribution in [0.3, 0.4) is 0 Å². The third-order valence-electron chi connectivity index (χ3n) is 5.38. The number of nitrogens with one attached hydrogen (secondary N) is 2. The number of piperazine rings is 1. The highest BCUT2D eigenvalue weighted by Gasteiger charge is 2.24. The number of likely N-dealkylation sites (N-methyl/N-ethyl adjacent to an activating group) is 1. The number of anilines is 1. The van der Waals surface area contributed by atoms with Gasteiger partial charge in [-0.05, 0) is 44.2 Å². The lowest BCUT2D eigenvalue weighted by Crippen LogP contribution is -2.44. The van der Waals surface area contributed by atoms with E-state index in [-0.39, 0.29) is 0 Å². The molecule has 2 unspecified atom stereocenters. The summed E-state index contributed by atoms with van der Waals surface area (Å²) in [4.78, 5) is 13.8. The van der Waals surface area contributed by atoms with Crippen molar-refractivity contribution in [1.82, 2.24) is 20.5 Å². The zero-order valence-electron chi connectivity index (χ0n) is 16.2. The fourth-order valence-corrected chi connectivity index (χ4v) is 4.40. The van der Waals surface area contributed by atoms with Crippen molar-refractivity contribution in [3.63, 3.8) is 0 Å². The van der Waals surface area contributed by atoms with Crippen molar-refractivity contribution in [3.05, 3.63) is 23.9 Å². The van der Waals surface area contributed by atoms with Gasteiger partial charge < -0.3 is 20.4 Å². The summed E-state index contributed by atoms with van der Waals surface area (Å²) < 4.78 is 0. The van der Waals surface area contributed by atoms with Crippen LogP contribution in [-0.4, -0.2) is 73.7 Å². The van der Waals surface area contributed by atoms with Gasteiger partial charge in [0.05, 0.1) is 0 Å². The molecule has 1 aromatic heterocycles. The highest BCUT2D eigenvalue weighted by molar-refractivity contribution is 7.99. The van der Waals surface area contributed by atoms with E-state index in [1.807, 2.05) is 25.0 Å². The topological polar surface area (TPSA) is 55.8 Å². The first-order chi connectivity index (χ1) is 12.7. The molecule has 2 atom stereocenters. The molecule has 0 bridgehead atoms. The predicted octanol–water partition coefficient (Wildman–Crippen LogP) is 1.78. The Morgan fingerprint density at radius 2 is 2.08 bits per heavy atom. The highest BCUT2D eigenvalue weighted by atomic mass is 32.2. The van der Waals surface area contributed by atoms with Crippen molar-refractivity contribution in [1.29, 1.82) is 0 Å². The molecule has 1 saturated carbocycles. The SMILES string of the molecule is CN=C(NCc1ccc(N2CCN(C)CC2)nc1)NC1CCC(SC)C1. The lowest BCUT2D eigenvalue weighted by molar-refractivity contribution is 0.312. The minimum atomic E-state index is 0.538. The van der Waals surface area contributed by atoms with Gasteiger partial charge in [0.15, 0.2) is 5.96 Å². The van der Waals surface area contributed by atoms with Crippen molar-refractivity contribution in [3.8, 4) is 0 Å². The summed E-state index contributed by atoms with van der Waals surface area (Å²) in [6, 6.07) is 4.84. The van der Waals surface area contributed by atoms with Crippen molar-refractivity contribution in [2.45, 2.75) is 37.1 Å². The lowest BCUT2D eigenvalue weighted by atomic mass is 10.2. The van der Waals surface area contributed by atoms with Crippen molar-refractivity contribution in [2.24, 2.45) is 4.99 Å². The summed E-state index contributed by atoms with van der Waals surface area (Å²) in [5.41, 5.74) is 1.18. The van der Waals surface area contributed by atoms with Gasteiger partial charge in [0, 0.05) is 57.3 Å². The molecule has 1 aromatic rings. The highest BCUT2D eigenvalue weighted by Crippen LogP contribution is 2.28. The Morgan fingerprint density at radius 3 is 2.69 bits per heavy atom. The van der Waals surface area contributed by atoms with E-state index in [0.29, 0.717) is 6.04 Å². The molecule has 0 amide bonds. The smallest absolute Gasteiger partial charge is 0.191 e. The van der Waals surface area contributed by atoms with E-state index in [9.17, 15) is 0 Å². The van der Waals surface area contributed by atoms with Crippen molar-refractivity contribution >= 4 is 23.5 Å². The maximum atomic E-state index is 4.66. The monoisotopic (exact) mass is 376 g/mol. The standard InChI is InChI=1S/C19H32N6S/c1-20-19(23-16-5-6-17(12-16)26-3)22-14-15-4-7-18(21-13-15)25-10-8-24(2)9-11-25/h4,7,13,16-17H,5-6,8-12,14H2,1-3H3,(H2,20,22,23). The molecule has 2 aliphatic rings. The first-order valence-corrected chi connectivity index (χ1v) is 10.8. The quantitative estimate of drug-likeness (QED) is 0.604. The number of aromatic nitrogens is 1. The van der Waals surface area contributed by atoms with E-state index in [1.165, 1.54) is 24.8 Å². The second-order valence-corrected chi connectivity index (χ2v) is 8.39. The Bertz CT molecular complexity index is 582. The van der Waals surface area contributed by atoms with Gasteiger partial charge in [-0.3, -0.25) is 4.99 Å². The molecule has 1 aliphatic carbocycles. The van der Waals surface area contributed by atoms with E-state index in [4.69, 9.17) is 0 Å². The third-order valence-corrected chi connectivity index (χ3v) is 6.47. The van der Waals surface area contributed by atoms with E-state index in [2.05, 4.69) is 55.8 Å². The minimum Gasteiger partial charge on any atom is -0.354 e. The number of pyridine rings is 1. The Hall–Kier alpha value is -1.47. The van der Waals surface area contributed by atoms with E-state index in [0.717, 1.165) is 49.8 Å². The van der Waals surface area contributed by atoms with Crippen LogP contribution in [0.2, 0.25) is 0 Å². The summed E-state index contributed by atoms with van der Waals surface area (Å²) in [5, 5.41) is 7.77. The Kier molecular flexibility index (Phi) is 7.02. The molecule has 0 aromatic carbocycles. The zero-order valence-corrected chi connectivity index (χ0v) is 17.1. The number of aliphatic imine (C=N–C) groups is 1. The molecule has 0 radical (unpaired) electrons. The number of nitrogens with zero attached hydrogens (tertiary/aromatic N) is 4. The molecular formula is C19H32N6S. The second kappa shape index (κ2) is 9.46. The van der Waals surface area contributed by atoms with Gasteiger partial charge in [0.1, 0.15) is 5.82 Å². The second-order valence-electron chi connectivity index (χ2n) is 7.25. The normalized spacial score (nSPS) is 24.7. The number of hydrogen-bond donors (Lipinski definition) is 2. The molecule has 3 rings (SSSR count). The molecule has 1 aliphatic heterocycles. The molecule has 1 saturated heterocycles. The maximum absolute atomic E-state index is 4.66. The van der Waals surface area contributed by atoms with Gasteiger partial charge in [-0.15, -0.1) is 0 Å². The van der Waals surface area contributed by atoms with Crippen LogP contribution in [-0.2, 0) is 6.54 Å². The fraction of sp³-hybridized carbons (Fsp3) is 0.684. The lowest BCUT2D eigenvalue weighted by Gasteiger charge is -2.33. The Balaban J connectivity index is 1.46. The summed E-state index contributed by atoms with van der Waals surface area (Å²) >= 11 is 1.98. The summed E-state index contributed by atoms with van der Waals surface area (Å²) in [6.07, 6.45) is 7.94. The average Bonchev–Trinajstić information content (AvgIpc) is 3.14. The van der Waals surface area contributed by atoms with Gasteiger partial charge in [0.2, 0.25) is 0 Å². The molecule has 2 N–H and O–H groups in total. The minimum absolute atomic E-state index is 0.538. The molecule has 2 fully saturated rings. The molecule has 144 valence electrons. The first-order valence-electron chi connectivity index (χ1n) is 9.56. The summed E-state index contributed by atoms with van der Waals surface area (Å²) in [6.45, 7) is 5.05. The number of rotatable bonds is 5. The zero-order chi connectivity index (χ0) is 18.4. The van der Waals surface area contributed by atoms with Crippen molar-refractivity contribution in [2.75, 3.05) is 51.4 Å². The van der Waals surface area contributed by atoms with E-state index in [1.54, 1.807) is 0 Å². The van der Waals surface area contributed by atoms with Crippen LogP contribution in [0.4, 0.5) is 5.82 Å². The number of guanidine groups is 1. The summed E-state index contributed by atoms with van der Waals surface area (Å²) in [5.74, 6) is 1.97. The number of thioether (sulfide) groups is 1. The Labute approximate surface area is 161 Å². The van der Waals surface area contributed by atoms with Gasteiger partial charge in [-0.25, -0.2) is 4.98 Å². The van der Waals surface area contributed by atoms with E-state index >= 15 is 0 Å². The largest absolute Gasteiger partial charge is 0.354 e. The van der Waals surface area contributed by atoms with Gasteiger partial charge in [0.25, 0.3) is 0 Å². The van der Waals surface area contributed by atoms with Crippen LogP contribution >= 0.6 is 11.8 Å². The molecule has 6 nitrogen and oxygen atoms in total. The molecule has 0 spiro atoms. The summed E-state index contributed by atoms with van der Waals surface area (Å²) in [7, 11) is 4.01. The predicted molar refractivity (Wildman–Crippen MR) is 112 cm³/mol. The van der Waals surface area contributed by atoms with Gasteiger partial charge >= 0.3 is 0 Å². The van der Waals surface area contributed by atoms with Crippen LogP contribution in [0.5, 0.6) is 0 Å². The van der Waals surface area contributed by atoms with Gasteiger partial charge in [-0.2, -0.15) is 11.8 Å². The molecular weight excluding hydrogens is 344 g/mol. The number of hydrogen-bond acceptors (Lipinski definition) is 5. The van der Waals surface area contributed by atoms with Crippen LogP contribution in [0.25, 0.3) is 0 Å². The third kappa shape index (κ3) is 5.27. The van der Waals surface area contributed by atoms with Crippen LogP contribution < -0.4 is 15.5 Å². The molecule has 2 heterocycles. The average molecular weight is 377 g/mol. The van der Waals surface area contributed by atoms with E-state index < -0.39 is 0 Å².